The van der Waals surface area contributed by atoms with Crippen LogP contribution in [0.1, 0.15) is 61.3 Å². The molecule has 6 aromatic carbocycles. The summed E-state index contributed by atoms with van der Waals surface area (Å²) < 4.78 is 41.3. The predicted molar refractivity (Wildman–Crippen MR) is 252 cm³/mol. The zero-order valence-corrected chi connectivity index (χ0v) is 37.9. The van der Waals surface area contributed by atoms with E-state index in [0.717, 1.165) is 44.5 Å². The lowest BCUT2D eigenvalue weighted by Crippen LogP contribution is -2.60. The van der Waals surface area contributed by atoms with Gasteiger partial charge in [0.1, 0.15) is 52.1 Å². The van der Waals surface area contributed by atoms with Crippen molar-refractivity contribution in [2.75, 3.05) is 6.61 Å². The molecule has 0 saturated carbocycles. The summed E-state index contributed by atoms with van der Waals surface area (Å²) in [5.41, 5.74) is 7.70. The summed E-state index contributed by atoms with van der Waals surface area (Å²) in [7, 11) is 0. The second-order valence-electron chi connectivity index (χ2n) is 17.0. The molecule has 10 heteroatoms. The quantitative estimate of drug-likeness (QED) is 0.101. The minimum Gasteiger partial charge on any atom is -0.457 e. The van der Waals surface area contributed by atoms with Crippen molar-refractivity contribution >= 4 is 11.8 Å². The largest absolute Gasteiger partial charge is 0.457 e. The first-order chi connectivity index (χ1) is 31.7. The molecule has 2 aliphatic rings. The van der Waals surface area contributed by atoms with Crippen LogP contribution in [-0.2, 0) is 55.7 Å². The maximum atomic E-state index is 13.2. The third kappa shape index (κ3) is 10.2. The molecule has 3 heterocycles. The highest BCUT2D eigenvalue weighted by molar-refractivity contribution is 7.99. The zero-order chi connectivity index (χ0) is 44.8. The summed E-state index contributed by atoms with van der Waals surface area (Å²) in [4.78, 5) is 9.83. The number of hydrogen-bond donors (Lipinski definition) is 1. The van der Waals surface area contributed by atoms with Gasteiger partial charge in [0, 0.05) is 23.5 Å². The molecule has 9 rings (SSSR count). The third-order valence-corrected chi connectivity index (χ3v) is 12.9. The lowest BCUT2D eigenvalue weighted by Gasteiger charge is -2.46. The molecule has 0 unspecified atom stereocenters. The number of para-hydroxylation sites is 2. The van der Waals surface area contributed by atoms with Crippen LogP contribution < -0.4 is 4.74 Å². The van der Waals surface area contributed by atoms with Crippen LogP contribution in [0, 0.1) is 27.7 Å². The number of fused-ring (bicyclic) bond motifs is 2. The highest BCUT2D eigenvalue weighted by atomic mass is 32.2. The maximum absolute atomic E-state index is 13.2. The molecular weight excluding hydrogens is 833 g/mol. The van der Waals surface area contributed by atoms with Crippen LogP contribution in [0.15, 0.2) is 163 Å². The lowest BCUT2D eigenvalue weighted by atomic mass is 9.81. The van der Waals surface area contributed by atoms with E-state index in [0.29, 0.717) is 53.2 Å². The number of aryl methyl sites for hydroxylation is 4. The van der Waals surface area contributed by atoms with E-state index in [-0.39, 0.29) is 13.2 Å². The van der Waals surface area contributed by atoms with Crippen molar-refractivity contribution in [2.24, 2.45) is 0 Å². The first kappa shape index (κ1) is 44.5. The third-order valence-electron chi connectivity index (χ3n) is 11.8. The molecule has 9 nitrogen and oxygen atoms in total. The fourth-order valence-corrected chi connectivity index (χ4v) is 9.97. The molecule has 65 heavy (non-hydrogen) atoms. The van der Waals surface area contributed by atoms with Gasteiger partial charge in [-0.05, 0) is 62.1 Å². The van der Waals surface area contributed by atoms with Crippen LogP contribution in [0.2, 0.25) is 0 Å². The van der Waals surface area contributed by atoms with Crippen LogP contribution in [0.3, 0.4) is 0 Å². The topological polar surface area (TPSA) is 101 Å². The number of nitrogens with zero attached hydrogens (tertiary/aromatic N) is 2. The molecule has 7 aromatic rings. The molecule has 1 aromatic heterocycles. The smallest absolute Gasteiger partial charge is 0.167 e. The van der Waals surface area contributed by atoms with Gasteiger partial charge >= 0.3 is 0 Å². The van der Waals surface area contributed by atoms with Gasteiger partial charge in [-0.25, -0.2) is 4.98 Å². The van der Waals surface area contributed by atoms with Gasteiger partial charge in [0.25, 0.3) is 0 Å². The van der Waals surface area contributed by atoms with Crippen molar-refractivity contribution in [3.63, 3.8) is 0 Å². The summed E-state index contributed by atoms with van der Waals surface area (Å²) >= 11 is 1.35. The van der Waals surface area contributed by atoms with Gasteiger partial charge < -0.3 is 33.5 Å². The fourth-order valence-electron chi connectivity index (χ4n) is 8.75. The summed E-state index contributed by atoms with van der Waals surface area (Å²) in [6, 6.07) is 48.3. The monoisotopic (exact) mass is 886 g/mol. The number of benzene rings is 6. The number of ether oxygens (including phenoxy) is 6. The summed E-state index contributed by atoms with van der Waals surface area (Å²) in [5, 5.41) is 13.7. The molecule has 0 spiro atoms. The van der Waals surface area contributed by atoms with Gasteiger partial charge in [-0.3, -0.25) is 4.98 Å². The Bertz CT molecular complexity index is 2680. The Kier molecular flexibility index (Phi) is 13.8. The normalized spacial score (nSPS) is 19.8. The van der Waals surface area contributed by atoms with E-state index in [9.17, 15) is 5.11 Å². The fraction of sp³-hybridized carbons (Fsp3) is 0.273. The highest BCUT2D eigenvalue weighted by Gasteiger charge is 2.51. The Morgan fingerprint density at radius 3 is 1.52 bits per heavy atom. The molecule has 0 bridgehead atoms. The van der Waals surface area contributed by atoms with E-state index in [1.54, 1.807) is 12.4 Å². The Balaban J connectivity index is 1.13. The van der Waals surface area contributed by atoms with Gasteiger partial charge in [-0.2, -0.15) is 0 Å². The van der Waals surface area contributed by atoms with Gasteiger partial charge in [-0.15, -0.1) is 0 Å². The SMILES string of the molecule is Cc1cccc(COC[C@H]2O[C@@H](Sc3nccnc3C3(O)c4ccccc4Oc4ccccc43)[C@H](OCc3cccc(C)c3)[C@@H](OCc3cccc(C)c3)[C@@H]2OCc2cccc(C)c2)c1. The molecule has 0 radical (unpaired) electrons. The molecule has 1 saturated heterocycles. The van der Waals surface area contributed by atoms with Crippen molar-refractivity contribution in [3.05, 3.63) is 219 Å². The van der Waals surface area contributed by atoms with Crippen molar-refractivity contribution < 1.29 is 33.5 Å². The van der Waals surface area contributed by atoms with Crippen molar-refractivity contribution in [1.29, 1.82) is 0 Å². The number of rotatable bonds is 16. The second-order valence-corrected chi connectivity index (χ2v) is 18.1. The molecule has 0 aliphatic carbocycles. The van der Waals surface area contributed by atoms with Crippen molar-refractivity contribution in [1.82, 2.24) is 9.97 Å². The molecular formula is C55H54N2O7S. The first-order valence-corrected chi connectivity index (χ1v) is 23.0. The van der Waals surface area contributed by atoms with Crippen molar-refractivity contribution in [3.8, 4) is 11.5 Å². The van der Waals surface area contributed by atoms with Gasteiger partial charge in [0.2, 0.25) is 0 Å². The van der Waals surface area contributed by atoms with E-state index in [4.69, 9.17) is 38.4 Å². The van der Waals surface area contributed by atoms with E-state index in [1.807, 2.05) is 72.8 Å². The van der Waals surface area contributed by atoms with Crippen LogP contribution >= 0.6 is 11.8 Å². The highest BCUT2D eigenvalue weighted by Crippen LogP contribution is 2.51. The Morgan fingerprint density at radius 2 is 1.00 bits per heavy atom. The van der Waals surface area contributed by atoms with E-state index >= 15 is 0 Å². The van der Waals surface area contributed by atoms with Crippen LogP contribution in [0.5, 0.6) is 11.5 Å². The van der Waals surface area contributed by atoms with Gasteiger partial charge in [0.05, 0.1) is 33.0 Å². The lowest BCUT2D eigenvalue weighted by molar-refractivity contribution is -0.254. The summed E-state index contributed by atoms with van der Waals surface area (Å²) in [6.07, 6.45) is 0.639. The molecule has 332 valence electrons. The summed E-state index contributed by atoms with van der Waals surface area (Å²) in [6.45, 7) is 9.80. The molecule has 1 fully saturated rings. The van der Waals surface area contributed by atoms with Gasteiger partial charge in [0.15, 0.2) is 5.60 Å². The predicted octanol–water partition coefficient (Wildman–Crippen LogP) is 10.9. The first-order valence-electron chi connectivity index (χ1n) is 22.1. The standard InChI is InChI=1S/C55H54N2O7S/c1-36-13-9-17-40(27-36)31-59-35-48-49(60-32-41-18-10-14-37(2)28-41)50(61-33-42-19-11-15-38(3)29-42)51(62-34-43-20-12-16-39(4)30-43)54(64-48)65-53-52(56-25-26-57-53)55(58)44-21-5-7-23-46(44)63-47-24-8-6-22-45(47)55/h5-30,48-51,54,58H,31-35H2,1-4H3/t48-,49-,50+,51-,54+/m1/s1. The average Bonchev–Trinajstić information content (AvgIpc) is 3.30. The molecule has 0 amide bonds. The van der Waals surface area contributed by atoms with Gasteiger partial charge in [-0.1, -0.05) is 167 Å². The van der Waals surface area contributed by atoms with Crippen LogP contribution in [0.4, 0.5) is 0 Å². The van der Waals surface area contributed by atoms with Crippen LogP contribution in [0.25, 0.3) is 0 Å². The minimum atomic E-state index is -1.72. The second kappa shape index (κ2) is 20.2. The molecule has 1 N–H and O–H groups in total. The van der Waals surface area contributed by atoms with E-state index in [1.165, 1.54) is 11.8 Å². The van der Waals surface area contributed by atoms with E-state index in [2.05, 4.69) is 100 Å². The number of aliphatic hydroxyl groups is 1. The summed E-state index contributed by atoms with van der Waals surface area (Å²) in [5.74, 6) is 1.07. The average molecular weight is 887 g/mol. The Hall–Kier alpha value is -5.69. The zero-order valence-electron chi connectivity index (χ0n) is 37.1. The van der Waals surface area contributed by atoms with Crippen molar-refractivity contribution in [2.45, 2.75) is 94.6 Å². The maximum Gasteiger partial charge on any atom is 0.167 e. The Labute approximate surface area is 385 Å². The number of aromatic nitrogens is 2. The van der Waals surface area contributed by atoms with Crippen LogP contribution in [-0.4, -0.2) is 51.5 Å². The Morgan fingerprint density at radius 1 is 0.538 bits per heavy atom. The number of thioether (sulfide) groups is 1. The minimum absolute atomic E-state index is 0.202. The molecule has 5 atom stereocenters. The molecule has 2 aliphatic heterocycles. The number of hydrogen-bond acceptors (Lipinski definition) is 10. The van der Waals surface area contributed by atoms with E-state index < -0.39 is 35.5 Å².